The average molecular weight is 343 g/mol. The van der Waals surface area contributed by atoms with Gasteiger partial charge in [0.15, 0.2) is 0 Å². The molecule has 0 radical (unpaired) electrons. The summed E-state index contributed by atoms with van der Waals surface area (Å²) in [4.78, 5) is 12.6. The summed E-state index contributed by atoms with van der Waals surface area (Å²) in [5.41, 5.74) is 1.80. The van der Waals surface area contributed by atoms with Gasteiger partial charge in [0, 0.05) is 13.0 Å². The van der Waals surface area contributed by atoms with Crippen LogP contribution in [0.5, 0.6) is 0 Å². The number of hydrogen-bond donors (Lipinski definition) is 2. The zero-order valence-corrected chi connectivity index (χ0v) is 13.6. The van der Waals surface area contributed by atoms with Crippen LogP contribution in [0.4, 0.5) is 0 Å². The molecule has 7 nitrogen and oxygen atoms in total. The van der Waals surface area contributed by atoms with E-state index in [0.717, 1.165) is 11.1 Å². The van der Waals surface area contributed by atoms with Gasteiger partial charge in [-0.1, -0.05) is 30.3 Å². The zero-order chi connectivity index (χ0) is 16.8. The van der Waals surface area contributed by atoms with Gasteiger partial charge in [0.2, 0.25) is 5.91 Å². The maximum absolute atomic E-state index is 12.6. The van der Waals surface area contributed by atoms with Gasteiger partial charge < -0.3 is 10.4 Å². The van der Waals surface area contributed by atoms with E-state index >= 15 is 0 Å². The summed E-state index contributed by atoms with van der Waals surface area (Å²) in [7, 11) is 0. The number of benzene rings is 1. The number of aliphatic hydroxyl groups excluding tert-OH is 1. The van der Waals surface area contributed by atoms with Crippen LogP contribution in [0.3, 0.4) is 0 Å². The summed E-state index contributed by atoms with van der Waals surface area (Å²) in [5.74, 6) is -0.236. The van der Waals surface area contributed by atoms with Crippen LogP contribution in [0.2, 0.25) is 0 Å². The lowest BCUT2D eigenvalue weighted by atomic mass is 10.1. The maximum Gasteiger partial charge on any atom is 0.245 e. The highest BCUT2D eigenvalue weighted by atomic mass is 32.1. The number of aromatic nitrogens is 4. The van der Waals surface area contributed by atoms with E-state index in [9.17, 15) is 9.90 Å². The number of nitrogens with zero attached hydrogens (tertiary/aromatic N) is 4. The van der Waals surface area contributed by atoms with Crippen molar-refractivity contribution in [3.63, 3.8) is 0 Å². The normalized spacial score (nSPS) is 13.4. The molecule has 0 aliphatic carbocycles. The number of nitrogens with one attached hydrogen (secondary N) is 1. The number of carbonyl (C=O) groups is 1. The molecule has 0 saturated heterocycles. The Morgan fingerprint density at radius 1 is 1.29 bits per heavy atom. The minimum atomic E-state index is -0.730. The number of tetrazole rings is 1. The van der Waals surface area contributed by atoms with Crippen LogP contribution in [0.25, 0.3) is 0 Å². The molecule has 0 aliphatic heterocycles. The fourth-order valence-electron chi connectivity index (χ4n) is 2.35. The van der Waals surface area contributed by atoms with Crippen molar-refractivity contribution in [3.05, 3.63) is 64.6 Å². The Morgan fingerprint density at radius 2 is 2.12 bits per heavy atom. The van der Waals surface area contributed by atoms with Crippen molar-refractivity contribution in [2.24, 2.45) is 0 Å². The molecule has 0 aliphatic rings. The number of aliphatic hydroxyl groups is 1. The SMILES string of the molecule is O=C(NCC(O)c1ccsc1)C(Cc1ccccc1)n1cnnn1. The first kappa shape index (κ1) is 16.3. The van der Waals surface area contributed by atoms with E-state index < -0.39 is 12.1 Å². The van der Waals surface area contributed by atoms with Crippen LogP contribution in [0.15, 0.2) is 53.5 Å². The Kier molecular flexibility index (Phi) is 5.29. The first-order valence-electron chi connectivity index (χ1n) is 7.48. The number of carbonyl (C=O) groups excluding carboxylic acids is 1. The minimum Gasteiger partial charge on any atom is -0.387 e. The molecule has 0 fully saturated rings. The van der Waals surface area contributed by atoms with Crippen molar-refractivity contribution in [2.75, 3.05) is 6.54 Å². The summed E-state index contributed by atoms with van der Waals surface area (Å²) in [6.07, 6.45) is 1.15. The minimum absolute atomic E-state index is 0.142. The Bertz CT molecular complexity index is 746. The second-order valence-electron chi connectivity index (χ2n) is 5.31. The smallest absolute Gasteiger partial charge is 0.245 e. The maximum atomic E-state index is 12.6. The Balaban J connectivity index is 1.67. The monoisotopic (exact) mass is 343 g/mol. The molecule has 2 unspecified atom stereocenters. The van der Waals surface area contributed by atoms with Crippen molar-refractivity contribution in [1.82, 2.24) is 25.5 Å². The predicted molar refractivity (Wildman–Crippen MR) is 89.3 cm³/mol. The molecule has 2 atom stereocenters. The Labute approximate surface area is 142 Å². The van der Waals surface area contributed by atoms with E-state index in [0.29, 0.717) is 6.42 Å². The first-order valence-corrected chi connectivity index (χ1v) is 8.42. The van der Waals surface area contributed by atoms with Gasteiger partial charge in [-0.05, 0) is 38.4 Å². The average Bonchev–Trinajstić information content (AvgIpc) is 3.31. The quantitative estimate of drug-likeness (QED) is 0.676. The third-order valence-corrected chi connectivity index (χ3v) is 4.36. The summed E-state index contributed by atoms with van der Waals surface area (Å²) in [6, 6.07) is 10.9. The molecule has 1 amide bonds. The molecular formula is C16H17N5O2S. The van der Waals surface area contributed by atoms with Crippen molar-refractivity contribution in [1.29, 1.82) is 0 Å². The van der Waals surface area contributed by atoms with Gasteiger partial charge in [0.25, 0.3) is 0 Å². The number of rotatable bonds is 7. The molecule has 3 aromatic rings. The fraction of sp³-hybridized carbons (Fsp3) is 0.250. The molecule has 2 aromatic heterocycles. The number of amides is 1. The van der Waals surface area contributed by atoms with Gasteiger partial charge in [-0.3, -0.25) is 4.79 Å². The van der Waals surface area contributed by atoms with Crippen molar-refractivity contribution in [2.45, 2.75) is 18.6 Å². The summed E-state index contributed by atoms with van der Waals surface area (Å²) >= 11 is 1.50. The third kappa shape index (κ3) is 4.03. The van der Waals surface area contributed by atoms with Gasteiger partial charge in [0.1, 0.15) is 12.4 Å². The molecule has 8 heteroatoms. The standard InChI is InChI=1S/C16H17N5O2S/c22-15(13-6-7-24-10-13)9-17-16(23)14(21-11-18-19-20-21)8-12-4-2-1-3-5-12/h1-7,10-11,14-15,22H,8-9H2,(H,17,23). The topological polar surface area (TPSA) is 92.9 Å². The third-order valence-electron chi connectivity index (χ3n) is 3.66. The van der Waals surface area contributed by atoms with E-state index in [4.69, 9.17) is 0 Å². The van der Waals surface area contributed by atoms with E-state index in [1.165, 1.54) is 22.3 Å². The van der Waals surface area contributed by atoms with Gasteiger partial charge >= 0.3 is 0 Å². The molecule has 2 heterocycles. The van der Waals surface area contributed by atoms with Gasteiger partial charge in [-0.25, -0.2) is 4.68 Å². The van der Waals surface area contributed by atoms with Crippen LogP contribution >= 0.6 is 11.3 Å². The largest absolute Gasteiger partial charge is 0.387 e. The van der Waals surface area contributed by atoms with Crippen molar-refractivity contribution >= 4 is 17.2 Å². The molecule has 124 valence electrons. The molecule has 0 spiro atoms. The van der Waals surface area contributed by atoms with Crippen molar-refractivity contribution in [3.8, 4) is 0 Å². The Hall–Kier alpha value is -2.58. The molecule has 1 aromatic carbocycles. The van der Waals surface area contributed by atoms with E-state index in [1.807, 2.05) is 47.2 Å². The highest BCUT2D eigenvalue weighted by Crippen LogP contribution is 2.17. The summed E-state index contributed by atoms with van der Waals surface area (Å²) in [6.45, 7) is 0.142. The molecule has 24 heavy (non-hydrogen) atoms. The van der Waals surface area contributed by atoms with Gasteiger partial charge in [0.05, 0.1) is 6.10 Å². The van der Waals surface area contributed by atoms with Crippen molar-refractivity contribution < 1.29 is 9.90 Å². The lowest BCUT2D eigenvalue weighted by molar-refractivity contribution is -0.125. The molecular weight excluding hydrogens is 326 g/mol. The second-order valence-corrected chi connectivity index (χ2v) is 6.09. The van der Waals surface area contributed by atoms with Crippen LogP contribution in [0.1, 0.15) is 23.3 Å². The van der Waals surface area contributed by atoms with Crippen LogP contribution in [-0.2, 0) is 11.2 Å². The van der Waals surface area contributed by atoms with E-state index in [1.54, 1.807) is 0 Å². The van der Waals surface area contributed by atoms with Crippen LogP contribution < -0.4 is 5.32 Å². The van der Waals surface area contributed by atoms with Crippen LogP contribution in [-0.4, -0.2) is 37.8 Å². The first-order chi connectivity index (χ1) is 11.7. The lowest BCUT2D eigenvalue weighted by Crippen LogP contribution is -2.36. The molecule has 3 rings (SSSR count). The highest BCUT2D eigenvalue weighted by Gasteiger charge is 2.23. The predicted octanol–water partition coefficient (Wildman–Crippen LogP) is 1.37. The Morgan fingerprint density at radius 3 is 2.79 bits per heavy atom. The van der Waals surface area contributed by atoms with Crippen LogP contribution in [0, 0.1) is 0 Å². The fourth-order valence-corrected chi connectivity index (χ4v) is 3.06. The summed E-state index contributed by atoms with van der Waals surface area (Å²) < 4.78 is 1.43. The van der Waals surface area contributed by atoms with Gasteiger partial charge in [-0.15, -0.1) is 5.10 Å². The second kappa shape index (κ2) is 7.80. The molecule has 0 bridgehead atoms. The number of hydrogen-bond acceptors (Lipinski definition) is 6. The molecule has 2 N–H and O–H groups in total. The lowest BCUT2D eigenvalue weighted by Gasteiger charge is -2.18. The van der Waals surface area contributed by atoms with E-state index in [-0.39, 0.29) is 12.5 Å². The number of thiophene rings is 1. The van der Waals surface area contributed by atoms with Gasteiger partial charge in [-0.2, -0.15) is 11.3 Å². The molecule has 0 saturated carbocycles. The zero-order valence-electron chi connectivity index (χ0n) is 12.8. The van der Waals surface area contributed by atoms with E-state index in [2.05, 4.69) is 20.8 Å². The highest BCUT2D eigenvalue weighted by molar-refractivity contribution is 7.07. The summed E-state index contributed by atoms with van der Waals surface area (Å²) in [5, 5.41) is 27.7.